The highest BCUT2D eigenvalue weighted by molar-refractivity contribution is 6.23. The number of ether oxygens (including phenoxy) is 2. The van der Waals surface area contributed by atoms with Crippen molar-refractivity contribution < 1.29 is 52.9 Å². The summed E-state index contributed by atoms with van der Waals surface area (Å²) in [7, 11) is 0. The number of nitrogens with two attached hydrogens (primary N) is 1. The number of imide groups is 2. The third-order valence-electron chi connectivity index (χ3n) is 6.00. The van der Waals surface area contributed by atoms with Crippen LogP contribution in [-0.2, 0) is 28.7 Å². The van der Waals surface area contributed by atoms with Gasteiger partial charge in [0.05, 0.1) is 41.8 Å². The second-order valence-electron chi connectivity index (χ2n) is 12.3. The van der Waals surface area contributed by atoms with Gasteiger partial charge in [-0.25, -0.2) is 0 Å². The Bertz CT molecular complexity index is 1500. The molecular weight excluding hydrogens is 614 g/mol. The number of carboxylic acid groups (broad SMARTS) is 1. The van der Waals surface area contributed by atoms with Crippen LogP contribution in [0.2, 0.25) is 0 Å². The maximum atomic E-state index is 12.1. The fourth-order valence-electron chi connectivity index (χ4n) is 4.17. The molecule has 14 nitrogen and oxygen atoms in total. The van der Waals surface area contributed by atoms with E-state index in [0.717, 1.165) is 9.80 Å². The van der Waals surface area contributed by atoms with Crippen molar-refractivity contribution >= 4 is 47.3 Å². The van der Waals surface area contributed by atoms with E-state index in [4.69, 9.17) is 20.3 Å². The van der Waals surface area contributed by atoms with E-state index in [-0.39, 0.29) is 48.8 Å². The van der Waals surface area contributed by atoms with E-state index in [1.165, 1.54) is 12.1 Å². The minimum Gasteiger partial charge on any atom is -0.480 e. The number of benzene rings is 2. The predicted octanol–water partition coefficient (Wildman–Crippen LogP) is 2.63. The first kappa shape index (κ1) is 37.9. The Labute approximate surface area is 271 Å². The highest BCUT2D eigenvalue weighted by atomic mass is 16.6. The van der Waals surface area contributed by atoms with Crippen LogP contribution in [0.1, 0.15) is 95.8 Å². The Morgan fingerprint density at radius 2 is 0.957 bits per heavy atom. The summed E-state index contributed by atoms with van der Waals surface area (Å²) in [5.41, 5.74) is 5.13. The van der Waals surface area contributed by atoms with Crippen LogP contribution in [0, 0.1) is 0 Å². The van der Waals surface area contributed by atoms with Crippen LogP contribution in [0.3, 0.4) is 0 Å². The van der Waals surface area contributed by atoms with E-state index in [1.54, 1.807) is 77.9 Å². The Balaban J connectivity index is 0.000000274. The van der Waals surface area contributed by atoms with Crippen molar-refractivity contribution in [3.05, 3.63) is 70.8 Å². The quantitative estimate of drug-likeness (QED) is 0.311. The van der Waals surface area contributed by atoms with Crippen molar-refractivity contribution in [1.82, 2.24) is 9.80 Å². The predicted molar refractivity (Wildman–Crippen MR) is 166 cm³/mol. The summed E-state index contributed by atoms with van der Waals surface area (Å²) >= 11 is 0. The summed E-state index contributed by atoms with van der Waals surface area (Å²) in [6.07, 6.45) is -0.137. The van der Waals surface area contributed by atoms with Gasteiger partial charge in [-0.3, -0.25) is 48.2 Å². The van der Waals surface area contributed by atoms with Gasteiger partial charge in [0.1, 0.15) is 17.7 Å². The van der Waals surface area contributed by atoms with E-state index in [9.17, 15) is 38.4 Å². The number of aliphatic carboxylic acids is 1. The smallest absolute Gasteiger partial charge is 0.323 e. The SMILES string of the molecule is CC(C)(C)OC(=O)CCC(=O)CN1C(=O)c2ccccc2C1=O.CC(C)(C)OC(=O)CN.O=C(O)CN1C(=O)c2ccccc2C1=O. The maximum absolute atomic E-state index is 12.1. The molecule has 14 heteroatoms. The van der Waals surface area contributed by atoms with Gasteiger partial charge in [0.15, 0.2) is 5.78 Å². The molecule has 0 bridgehead atoms. The zero-order valence-corrected chi connectivity index (χ0v) is 27.2. The number of hydrogen-bond donors (Lipinski definition) is 2. The van der Waals surface area contributed by atoms with Gasteiger partial charge >= 0.3 is 17.9 Å². The Kier molecular flexibility index (Phi) is 12.8. The second-order valence-corrected chi connectivity index (χ2v) is 12.3. The van der Waals surface area contributed by atoms with Crippen LogP contribution in [0.4, 0.5) is 0 Å². The molecule has 2 aromatic rings. The van der Waals surface area contributed by atoms with Gasteiger partial charge in [0.25, 0.3) is 23.6 Å². The van der Waals surface area contributed by atoms with Gasteiger partial charge in [-0.2, -0.15) is 0 Å². The second kappa shape index (κ2) is 15.9. The van der Waals surface area contributed by atoms with Crippen LogP contribution in [-0.4, -0.2) is 93.1 Å². The lowest BCUT2D eigenvalue weighted by molar-refractivity contribution is -0.155. The number of fused-ring (bicyclic) bond motifs is 2. The first-order chi connectivity index (χ1) is 21.8. The number of carbonyl (C=O) groups is 8. The summed E-state index contributed by atoms with van der Waals surface area (Å²) in [6.45, 7) is 9.68. The van der Waals surface area contributed by atoms with Gasteiger partial charge in [0, 0.05) is 6.42 Å². The third kappa shape index (κ3) is 11.3. The number of amides is 4. The number of hydrogen-bond acceptors (Lipinski definition) is 11. The highest BCUT2D eigenvalue weighted by Crippen LogP contribution is 2.23. The van der Waals surface area contributed by atoms with Gasteiger partial charge < -0.3 is 20.3 Å². The molecule has 3 N–H and O–H groups in total. The summed E-state index contributed by atoms with van der Waals surface area (Å²) in [5.74, 6) is -4.44. The number of esters is 2. The molecule has 2 aliphatic heterocycles. The fourth-order valence-corrected chi connectivity index (χ4v) is 4.17. The van der Waals surface area contributed by atoms with Crippen molar-refractivity contribution in [3.8, 4) is 0 Å². The standard InChI is InChI=1S/C17H19NO5.C10H7NO4.C6H13NO2/c1-17(2,3)23-14(20)9-8-11(19)10-18-15(21)12-6-4-5-7-13(12)16(18)22;12-8(13)5-11-9(14)6-3-1-2-4-7(6)10(11)15;1-6(2,3)9-5(8)4-7/h4-7H,8-10H2,1-3H3;1-4H,5H2,(H,12,13);4,7H2,1-3H3. The molecule has 252 valence electrons. The third-order valence-corrected chi connectivity index (χ3v) is 6.00. The summed E-state index contributed by atoms with van der Waals surface area (Å²) in [6, 6.07) is 12.7. The zero-order chi connectivity index (χ0) is 35.7. The molecule has 0 unspecified atom stereocenters. The minimum absolute atomic E-state index is 0.0444. The lowest BCUT2D eigenvalue weighted by Crippen LogP contribution is -2.35. The minimum atomic E-state index is -1.20. The lowest BCUT2D eigenvalue weighted by Gasteiger charge is -2.19. The van der Waals surface area contributed by atoms with Crippen LogP contribution >= 0.6 is 0 Å². The van der Waals surface area contributed by atoms with Gasteiger partial charge in [-0.05, 0) is 65.8 Å². The number of nitrogens with zero attached hydrogens (tertiary/aromatic N) is 2. The first-order valence-electron chi connectivity index (χ1n) is 14.5. The first-order valence-corrected chi connectivity index (χ1v) is 14.5. The average molecular weight is 654 g/mol. The fraction of sp³-hybridized carbons (Fsp3) is 0.394. The molecular formula is C33H39N3O11. The van der Waals surface area contributed by atoms with Gasteiger partial charge in [0.2, 0.25) is 0 Å². The molecule has 0 fully saturated rings. The molecule has 4 amide bonds. The highest BCUT2D eigenvalue weighted by Gasteiger charge is 2.37. The van der Waals surface area contributed by atoms with Crippen molar-refractivity contribution in [2.45, 2.75) is 65.6 Å². The molecule has 2 aliphatic rings. The molecule has 0 aromatic heterocycles. The lowest BCUT2D eigenvalue weighted by atomic mass is 10.1. The van der Waals surface area contributed by atoms with Crippen molar-refractivity contribution in [2.75, 3.05) is 19.6 Å². The topological polar surface area (TPSA) is 208 Å². The van der Waals surface area contributed by atoms with E-state index in [2.05, 4.69) is 0 Å². The molecule has 4 rings (SSSR count). The van der Waals surface area contributed by atoms with Gasteiger partial charge in [-0.15, -0.1) is 0 Å². The van der Waals surface area contributed by atoms with Crippen molar-refractivity contribution in [3.63, 3.8) is 0 Å². The van der Waals surface area contributed by atoms with Crippen molar-refractivity contribution in [1.29, 1.82) is 0 Å². The van der Waals surface area contributed by atoms with Gasteiger partial charge in [-0.1, -0.05) is 24.3 Å². The molecule has 47 heavy (non-hydrogen) atoms. The van der Waals surface area contributed by atoms with Crippen LogP contribution in [0.5, 0.6) is 0 Å². The van der Waals surface area contributed by atoms with E-state index < -0.39 is 53.3 Å². The monoisotopic (exact) mass is 653 g/mol. The van der Waals surface area contributed by atoms with Crippen LogP contribution in [0.25, 0.3) is 0 Å². The number of ketones is 1. The molecule has 0 aliphatic carbocycles. The molecule has 0 radical (unpaired) electrons. The zero-order valence-electron chi connectivity index (χ0n) is 27.2. The molecule has 0 spiro atoms. The summed E-state index contributed by atoms with van der Waals surface area (Å²) in [4.78, 5) is 93.6. The van der Waals surface area contributed by atoms with Crippen LogP contribution in [0.15, 0.2) is 48.5 Å². The molecule has 0 atom stereocenters. The Morgan fingerprint density at radius 1 is 0.617 bits per heavy atom. The molecule has 0 saturated carbocycles. The molecule has 2 aromatic carbocycles. The number of rotatable bonds is 8. The number of Topliss-reactive ketones (excluding diaryl/α,β-unsaturated/α-hetero) is 1. The summed E-state index contributed by atoms with van der Waals surface area (Å²) < 4.78 is 9.94. The molecule has 0 saturated heterocycles. The number of carbonyl (C=O) groups excluding carboxylic acids is 7. The maximum Gasteiger partial charge on any atom is 0.323 e. The largest absolute Gasteiger partial charge is 0.480 e. The molecule has 2 heterocycles. The van der Waals surface area contributed by atoms with Crippen molar-refractivity contribution in [2.24, 2.45) is 5.73 Å². The van der Waals surface area contributed by atoms with E-state index >= 15 is 0 Å². The Morgan fingerprint density at radius 3 is 1.26 bits per heavy atom. The average Bonchev–Trinajstić information content (AvgIpc) is 3.35. The number of carboxylic acids is 1. The van der Waals surface area contributed by atoms with E-state index in [0.29, 0.717) is 11.1 Å². The van der Waals surface area contributed by atoms with E-state index in [1.807, 2.05) is 0 Å². The summed E-state index contributed by atoms with van der Waals surface area (Å²) in [5, 5.41) is 8.54. The normalized spacial score (nSPS) is 13.5. The van der Waals surface area contributed by atoms with Crippen LogP contribution < -0.4 is 5.73 Å². The Hall–Kier alpha value is -5.24.